The average Bonchev–Trinajstić information content (AvgIpc) is 2.85. The molecule has 1 amide bonds. The van der Waals surface area contributed by atoms with Crippen molar-refractivity contribution in [1.82, 2.24) is 15.1 Å². The number of primary amides is 1. The number of nitrogens with zero attached hydrogens (tertiary/aromatic N) is 2. The van der Waals surface area contributed by atoms with Crippen LogP contribution in [-0.4, -0.2) is 21.7 Å². The Balaban J connectivity index is 2.05. The molecule has 0 bridgehead atoms. The maximum Gasteiger partial charge on any atom is 0.435 e. The molecular formula is C15H17F3N4O. The fourth-order valence-electron chi connectivity index (χ4n) is 2.16. The first kappa shape index (κ1) is 17.0. The van der Waals surface area contributed by atoms with Crippen LogP contribution in [0, 0.1) is 0 Å². The van der Waals surface area contributed by atoms with Gasteiger partial charge in [-0.1, -0.05) is 30.3 Å². The molecular weight excluding hydrogens is 309 g/mol. The van der Waals surface area contributed by atoms with Crippen molar-refractivity contribution in [2.45, 2.75) is 25.2 Å². The van der Waals surface area contributed by atoms with Gasteiger partial charge in [-0.3, -0.25) is 14.8 Å². The van der Waals surface area contributed by atoms with Crippen molar-refractivity contribution < 1.29 is 18.0 Å². The van der Waals surface area contributed by atoms with Gasteiger partial charge in [0.25, 0.3) is 0 Å². The van der Waals surface area contributed by atoms with Crippen LogP contribution in [-0.2, 0) is 31.0 Å². The number of hydrogen-bond acceptors (Lipinski definition) is 3. The van der Waals surface area contributed by atoms with Crippen LogP contribution in [0.1, 0.15) is 17.0 Å². The lowest BCUT2D eigenvalue weighted by Crippen LogP contribution is -2.42. The van der Waals surface area contributed by atoms with E-state index in [0.29, 0.717) is 12.1 Å². The van der Waals surface area contributed by atoms with Gasteiger partial charge >= 0.3 is 6.18 Å². The van der Waals surface area contributed by atoms with E-state index < -0.39 is 23.8 Å². The molecule has 0 fully saturated rings. The summed E-state index contributed by atoms with van der Waals surface area (Å²) in [5.74, 6) is -0.563. The van der Waals surface area contributed by atoms with Crippen LogP contribution in [0.5, 0.6) is 0 Å². The summed E-state index contributed by atoms with van der Waals surface area (Å²) in [4.78, 5) is 11.5. The molecule has 0 aliphatic heterocycles. The Morgan fingerprint density at radius 1 is 1.35 bits per heavy atom. The molecule has 2 rings (SSSR count). The van der Waals surface area contributed by atoms with Crippen LogP contribution in [0.25, 0.3) is 0 Å². The van der Waals surface area contributed by atoms with E-state index in [0.717, 1.165) is 16.3 Å². The van der Waals surface area contributed by atoms with Crippen LogP contribution in [0.3, 0.4) is 0 Å². The molecule has 0 spiro atoms. The Kier molecular flexibility index (Phi) is 5.05. The quantitative estimate of drug-likeness (QED) is 0.847. The summed E-state index contributed by atoms with van der Waals surface area (Å²) in [6.45, 7) is 0.0556. The zero-order chi connectivity index (χ0) is 17.0. The van der Waals surface area contributed by atoms with Crippen molar-refractivity contribution in [2.75, 3.05) is 0 Å². The first-order chi connectivity index (χ1) is 10.8. The normalized spacial score (nSPS) is 13.0. The molecule has 1 aromatic heterocycles. The lowest BCUT2D eigenvalue weighted by Gasteiger charge is -2.15. The second-order valence-electron chi connectivity index (χ2n) is 5.17. The van der Waals surface area contributed by atoms with E-state index in [2.05, 4.69) is 10.4 Å². The van der Waals surface area contributed by atoms with Crippen molar-refractivity contribution in [3.63, 3.8) is 0 Å². The van der Waals surface area contributed by atoms with Crippen molar-refractivity contribution in [3.8, 4) is 0 Å². The Bertz CT molecular complexity index is 667. The van der Waals surface area contributed by atoms with Gasteiger partial charge in [-0.05, 0) is 18.1 Å². The maximum absolute atomic E-state index is 12.6. The number of nitrogens with one attached hydrogen (secondary N) is 1. The second-order valence-corrected chi connectivity index (χ2v) is 5.17. The Labute approximate surface area is 131 Å². The molecule has 1 atom stereocenters. The number of rotatable bonds is 6. The highest BCUT2D eigenvalue weighted by Gasteiger charge is 2.34. The zero-order valence-electron chi connectivity index (χ0n) is 12.5. The summed E-state index contributed by atoms with van der Waals surface area (Å²) in [6.07, 6.45) is -4.14. The van der Waals surface area contributed by atoms with E-state index >= 15 is 0 Å². The van der Waals surface area contributed by atoms with Gasteiger partial charge in [0, 0.05) is 13.6 Å². The molecule has 1 unspecified atom stereocenters. The van der Waals surface area contributed by atoms with Crippen molar-refractivity contribution >= 4 is 5.91 Å². The number of halogens is 3. The number of carbonyl (C=O) groups excluding carboxylic acids is 1. The van der Waals surface area contributed by atoms with E-state index in [1.54, 1.807) is 0 Å². The molecule has 0 aliphatic rings. The molecule has 0 radical (unpaired) electrons. The third kappa shape index (κ3) is 4.56. The molecule has 8 heteroatoms. The highest BCUT2D eigenvalue weighted by atomic mass is 19.4. The highest BCUT2D eigenvalue weighted by molar-refractivity contribution is 5.80. The third-order valence-electron chi connectivity index (χ3n) is 3.42. The molecule has 5 nitrogen and oxygen atoms in total. The maximum atomic E-state index is 12.6. The van der Waals surface area contributed by atoms with Crippen molar-refractivity contribution in [2.24, 2.45) is 12.8 Å². The lowest BCUT2D eigenvalue weighted by atomic mass is 10.1. The number of carbonyl (C=O) groups is 1. The van der Waals surface area contributed by atoms with E-state index in [4.69, 9.17) is 5.73 Å². The molecule has 2 aromatic rings. The molecule has 3 N–H and O–H groups in total. The predicted octanol–water partition coefficient (Wildman–Crippen LogP) is 1.63. The number of amides is 1. The van der Waals surface area contributed by atoms with Crippen LogP contribution in [0.2, 0.25) is 0 Å². The first-order valence-corrected chi connectivity index (χ1v) is 6.94. The molecule has 23 heavy (non-hydrogen) atoms. The topological polar surface area (TPSA) is 72.9 Å². The molecule has 1 heterocycles. The monoisotopic (exact) mass is 326 g/mol. The number of nitrogens with two attached hydrogens (primary N) is 1. The van der Waals surface area contributed by atoms with Gasteiger partial charge in [0.15, 0.2) is 5.69 Å². The van der Waals surface area contributed by atoms with E-state index in [9.17, 15) is 18.0 Å². The van der Waals surface area contributed by atoms with E-state index in [1.807, 2.05) is 30.3 Å². The smallest absolute Gasteiger partial charge is 0.368 e. The fourth-order valence-corrected chi connectivity index (χ4v) is 2.16. The van der Waals surface area contributed by atoms with E-state index in [-0.39, 0.29) is 6.54 Å². The lowest BCUT2D eigenvalue weighted by molar-refractivity contribution is -0.141. The van der Waals surface area contributed by atoms with Crippen LogP contribution in [0.4, 0.5) is 13.2 Å². The van der Waals surface area contributed by atoms with Gasteiger partial charge in [-0.15, -0.1) is 0 Å². The fraction of sp³-hybridized carbons (Fsp3) is 0.333. The number of alkyl halides is 3. The van der Waals surface area contributed by atoms with Gasteiger partial charge in [0.1, 0.15) is 0 Å². The summed E-state index contributed by atoms with van der Waals surface area (Å²) in [5.41, 5.74) is 5.62. The summed E-state index contributed by atoms with van der Waals surface area (Å²) in [5, 5.41) is 6.31. The zero-order valence-corrected chi connectivity index (χ0v) is 12.5. The Morgan fingerprint density at radius 3 is 2.52 bits per heavy atom. The number of hydrogen-bond donors (Lipinski definition) is 2. The minimum Gasteiger partial charge on any atom is -0.368 e. The SMILES string of the molecule is Cn1nc(C(F)(F)F)cc1CNC(Cc1ccccc1)C(N)=O. The van der Waals surface area contributed by atoms with Gasteiger partial charge in [0.05, 0.1) is 11.7 Å². The first-order valence-electron chi connectivity index (χ1n) is 6.94. The largest absolute Gasteiger partial charge is 0.435 e. The molecule has 1 aromatic carbocycles. The van der Waals surface area contributed by atoms with Crippen LogP contribution < -0.4 is 11.1 Å². The van der Waals surface area contributed by atoms with Gasteiger partial charge < -0.3 is 5.73 Å². The Hall–Kier alpha value is -2.35. The summed E-state index contributed by atoms with van der Waals surface area (Å²) in [7, 11) is 1.42. The summed E-state index contributed by atoms with van der Waals surface area (Å²) >= 11 is 0. The molecule has 124 valence electrons. The van der Waals surface area contributed by atoms with Crippen LogP contribution in [0.15, 0.2) is 36.4 Å². The minimum atomic E-state index is -4.50. The van der Waals surface area contributed by atoms with Crippen LogP contribution >= 0.6 is 0 Å². The number of aryl methyl sites for hydroxylation is 1. The summed E-state index contributed by atoms with van der Waals surface area (Å²) < 4.78 is 39.0. The van der Waals surface area contributed by atoms with Gasteiger partial charge in [0.2, 0.25) is 5.91 Å². The van der Waals surface area contributed by atoms with E-state index in [1.165, 1.54) is 7.05 Å². The second kappa shape index (κ2) is 6.82. The van der Waals surface area contributed by atoms with Gasteiger partial charge in [-0.2, -0.15) is 18.3 Å². The highest BCUT2D eigenvalue weighted by Crippen LogP contribution is 2.28. The standard InChI is InChI=1S/C15H17F3N4O/c1-22-11(8-13(21-22)15(16,17)18)9-20-12(14(19)23)7-10-5-3-2-4-6-10/h2-6,8,12,20H,7,9H2,1H3,(H2,19,23). The summed E-state index contributed by atoms with van der Waals surface area (Å²) in [6, 6.07) is 9.50. The van der Waals surface area contributed by atoms with Crippen molar-refractivity contribution in [3.05, 3.63) is 53.3 Å². The number of aromatic nitrogens is 2. The van der Waals surface area contributed by atoms with Crippen molar-refractivity contribution in [1.29, 1.82) is 0 Å². The van der Waals surface area contributed by atoms with Gasteiger partial charge in [-0.25, -0.2) is 0 Å². The minimum absolute atomic E-state index is 0.0556. The molecule has 0 saturated carbocycles. The average molecular weight is 326 g/mol. The molecule has 0 saturated heterocycles. The number of benzene rings is 1. The Morgan fingerprint density at radius 2 is 2.00 bits per heavy atom. The third-order valence-corrected chi connectivity index (χ3v) is 3.42. The predicted molar refractivity (Wildman–Crippen MR) is 78.2 cm³/mol. The molecule has 0 aliphatic carbocycles.